The van der Waals surface area contributed by atoms with Gasteiger partial charge in [0, 0.05) is 38.3 Å². The van der Waals surface area contributed by atoms with E-state index in [2.05, 4.69) is 54.1 Å². The van der Waals surface area contributed by atoms with E-state index in [4.69, 9.17) is 0 Å². The quantitative estimate of drug-likeness (QED) is 0.842. The molecule has 0 spiro atoms. The molecule has 1 amide bonds. The largest absolute Gasteiger partial charge is 0.355 e. The molecule has 4 nitrogen and oxygen atoms in total. The van der Waals surface area contributed by atoms with Crippen molar-refractivity contribution in [3.8, 4) is 0 Å². The summed E-state index contributed by atoms with van der Waals surface area (Å²) < 4.78 is 0. The van der Waals surface area contributed by atoms with E-state index >= 15 is 0 Å². The summed E-state index contributed by atoms with van der Waals surface area (Å²) in [4.78, 5) is 21.9. The predicted octanol–water partition coefficient (Wildman–Crippen LogP) is 3.95. The van der Waals surface area contributed by atoms with Gasteiger partial charge in [-0.2, -0.15) is 0 Å². The van der Waals surface area contributed by atoms with Crippen LogP contribution in [0, 0.1) is 5.41 Å². The zero-order chi connectivity index (χ0) is 18.1. The monoisotopic (exact) mass is 349 g/mol. The molecule has 2 saturated heterocycles. The number of rotatable bonds is 3. The lowest BCUT2D eigenvalue weighted by atomic mass is 9.78. The zero-order valence-electron chi connectivity index (χ0n) is 15.7. The average Bonchev–Trinajstić information content (AvgIpc) is 3.29. The van der Waals surface area contributed by atoms with E-state index in [1.807, 2.05) is 17.0 Å². The molecular weight excluding hydrogens is 322 g/mol. The van der Waals surface area contributed by atoms with Crippen molar-refractivity contribution >= 4 is 11.7 Å². The molecule has 26 heavy (non-hydrogen) atoms. The van der Waals surface area contributed by atoms with Crippen LogP contribution in [0.1, 0.15) is 48.5 Å². The van der Waals surface area contributed by atoms with Crippen LogP contribution in [0.25, 0.3) is 0 Å². The summed E-state index contributed by atoms with van der Waals surface area (Å²) in [6.45, 7) is 8.17. The number of amides is 1. The van der Waals surface area contributed by atoms with Gasteiger partial charge in [-0.1, -0.05) is 44.2 Å². The smallest absolute Gasteiger partial charge is 0.257 e. The first-order valence-corrected chi connectivity index (χ1v) is 9.60. The lowest BCUT2D eigenvalue weighted by molar-refractivity contribution is 0.0793. The van der Waals surface area contributed by atoms with E-state index in [0.717, 1.165) is 50.4 Å². The van der Waals surface area contributed by atoms with E-state index in [0.29, 0.717) is 5.92 Å². The number of hydrogen-bond donors (Lipinski definition) is 0. The average molecular weight is 349 g/mol. The molecule has 2 fully saturated rings. The fourth-order valence-corrected chi connectivity index (χ4v) is 4.44. The van der Waals surface area contributed by atoms with Crippen molar-refractivity contribution in [1.29, 1.82) is 0 Å². The number of anilines is 1. The Kier molecular flexibility index (Phi) is 4.43. The van der Waals surface area contributed by atoms with E-state index in [1.54, 1.807) is 6.20 Å². The minimum Gasteiger partial charge on any atom is -0.355 e. The van der Waals surface area contributed by atoms with E-state index < -0.39 is 0 Å². The molecule has 4 rings (SSSR count). The van der Waals surface area contributed by atoms with Gasteiger partial charge in [0.05, 0.1) is 5.56 Å². The first kappa shape index (κ1) is 17.1. The van der Waals surface area contributed by atoms with Gasteiger partial charge in [-0.15, -0.1) is 0 Å². The highest BCUT2D eigenvalue weighted by molar-refractivity contribution is 5.99. The molecule has 0 unspecified atom stereocenters. The highest BCUT2D eigenvalue weighted by atomic mass is 16.2. The van der Waals surface area contributed by atoms with Crippen molar-refractivity contribution in [2.75, 3.05) is 31.1 Å². The molecule has 2 aliphatic rings. The molecule has 0 radical (unpaired) electrons. The Morgan fingerprint density at radius 2 is 1.81 bits per heavy atom. The minimum absolute atomic E-state index is 0.131. The molecule has 3 heterocycles. The third-order valence-corrected chi connectivity index (χ3v) is 5.86. The van der Waals surface area contributed by atoms with Crippen molar-refractivity contribution in [3.05, 3.63) is 59.8 Å². The van der Waals surface area contributed by atoms with Crippen molar-refractivity contribution in [3.63, 3.8) is 0 Å². The number of likely N-dealkylation sites (tertiary alicyclic amines) is 1. The molecule has 136 valence electrons. The van der Waals surface area contributed by atoms with Crippen LogP contribution in [0.3, 0.4) is 0 Å². The van der Waals surface area contributed by atoms with Crippen LogP contribution in [0.5, 0.6) is 0 Å². The van der Waals surface area contributed by atoms with Gasteiger partial charge in [0.2, 0.25) is 0 Å². The van der Waals surface area contributed by atoms with Crippen molar-refractivity contribution in [1.82, 2.24) is 9.88 Å². The second-order valence-corrected chi connectivity index (χ2v) is 8.21. The summed E-state index contributed by atoms with van der Waals surface area (Å²) in [5.74, 6) is 1.41. The molecule has 2 aromatic rings. The van der Waals surface area contributed by atoms with Crippen LogP contribution in [0.2, 0.25) is 0 Å². The summed E-state index contributed by atoms with van der Waals surface area (Å²) in [6, 6.07) is 14.5. The number of carbonyl (C=O) groups is 1. The van der Waals surface area contributed by atoms with Gasteiger partial charge in [-0.05, 0) is 36.0 Å². The maximum Gasteiger partial charge on any atom is 0.257 e. The molecule has 0 saturated carbocycles. The van der Waals surface area contributed by atoms with Gasteiger partial charge in [0.1, 0.15) is 5.82 Å². The summed E-state index contributed by atoms with van der Waals surface area (Å²) in [6.07, 6.45) is 4.02. The molecule has 1 aromatic carbocycles. The van der Waals surface area contributed by atoms with Gasteiger partial charge in [-0.25, -0.2) is 4.98 Å². The summed E-state index contributed by atoms with van der Waals surface area (Å²) in [5.41, 5.74) is 2.24. The molecule has 4 heteroatoms. The van der Waals surface area contributed by atoms with Gasteiger partial charge < -0.3 is 9.80 Å². The fourth-order valence-electron chi connectivity index (χ4n) is 4.44. The second-order valence-electron chi connectivity index (χ2n) is 8.21. The maximum absolute atomic E-state index is 13.0. The zero-order valence-corrected chi connectivity index (χ0v) is 15.7. The van der Waals surface area contributed by atoms with Gasteiger partial charge in [0.15, 0.2) is 0 Å². The van der Waals surface area contributed by atoms with Crippen LogP contribution in [-0.2, 0) is 0 Å². The fraction of sp³-hybridized carbons (Fsp3) is 0.455. The summed E-state index contributed by atoms with van der Waals surface area (Å²) in [7, 11) is 0. The first-order chi connectivity index (χ1) is 12.6. The van der Waals surface area contributed by atoms with E-state index in [9.17, 15) is 4.79 Å². The molecule has 1 atom stereocenters. The van der Waals surface area contributed by atoms with Crippen LogP contribution >= 0.6 is 0 Å². The maximum atomic E-state index is 13.0. The normalized spacial score (nSPS) is 22.0. The summed E-state index contributed by atoms with van der Waals surface area (Å²) in [5, 5.41) is 0. The lowest BCUT2D eigenvalue weighted by Gasteiger charge is -2.26. The molecule has 0 bridgehead atoms. The molecule has 0 aliphatic carbocycles. The molecule has 2 aliphatic heterocycles. The standard InChI is InChI=1S/C22H27N3O/c1-22(2)16-25(15-19(22)17-9-4-3-5-10-17)20-18(11-8-12-23-20)21(26)24-13-6-7-14-24/h3-5,8-12,19H,6-7,13-16H2,1-2H3/t19-/m0/s1. The highest BCUT2D eigenvalue weighted by Gasteiger charge is 2.41. The van der Waals surface area contributed by atoms with Crippen molar-refractivity contribution in [2.24, 2.45) is 5.41 Å². The topological polar surface area (TPSA) is 36.4 Å². The van der Waals surface area contributed by atoms with Gasteiger partial charge in [-0.3, -0.25) is 4.79 Å². The number of pyridine rings is 1. The Morgan fingerprint density at radius 1 is 1.08 bits per heavy atom. The number of hydrogen-bond acceptors (Lipinski definition) is 3. The highest BCUT2D eigenvalue weighted by Crippen LogP contribution is 2.44. The Bertz CT molecular complexity index is 781. The SMILES string of the molecule is CC1(C)CN(c2ncccc2C(=O)N2CCCC2)C[C@H]1c1ccccc1. The Labute approximate surface area is 155 Å². The Morgan fingerprint density at radius 3 is 2.54 bits per heavy atom. The van der Waals surface area contributed by atoms with Gasteiger partial charge >= 0.3 is 0 Å². The number of benzene rings is 1. The molecular formula is C22H27N3O. The van der Waals surface area contributed by atoms with Crippen molar-refractivity contribution in [2.45, 2.75) is 32.6 Å². The van der Waals surface area contributed by atoms with Gasteiger partial charge in [0.25, 0.3) is 5.91 Å². The van der Waals surface area contributed by atoms with E-state index in [-0.39, 0.29) is 11.3 Å². The number of carbonyl (C=O) groups excluding carboxylic acids is 1. The lowest BCUT2D eigenvalue weighted by Crippen LogP contribution is -2.31. The third kappa shape index (κ3) is 3.09. The van der Waals surface area contributed by atoms with Crippen LogP contribution in [0.15, 0.2) is 48.7 Å². The summed E-state index contributed by atoms with van der Waals surface area (Å²) >= 11 is 0. The van der Waals surface area contributed by atoms with Crippen LogP contribution < -0.4 is 4.90 Å². The predicted molar refractivity (Wildman–Crippen MR) is 105 cm³/mol. The number of nitrogens with zero attached hydrogens (tertiary/aromatic N) is 3. The Hall–Kier alpha value is -2.36. The first-order valence-electron chi connectivity index (χ1n) is 9.60. The Balaban J connectivity index is 1.63. The van der Waals surface area contributed by atoms with Crippen LogP contribution in [-0.4, -0.2) is 42.0 Å². The number of aromatic nitrogens is 1. The third-order valence-electron chi connectivity index (χ3n) is 5.86. The minimum atomic E-state index is 0.131. The van der Waals surface area contributed by atoms with Crippen LogP contribution in [0.4, 0.5) is 5.82 Å². The molecule has 0 N–H and O–H groups in total. The van der Waals surface area contributed by atoms with Crippen molar-refractivity contribution < 1.29 is 4.79 Å². The second kappa shape index (κ2) is 6.75. The molecule has 1 aromatic heterocycles. The van der Waals surface area contributed by atoms with E-state index in [1.165, 1.54) is 5.56 Å².